The Bertz CT molecular complexity index is 713. The SMILES string of the molecule is COc1ccccc1C1CN(Cc2cc(C)on2)CCN1C(C)=O. The Labute approximate surface area is 142 Å². The van der Waals surface area contributed by atoms with Crippen molar-refractivity contribution in [3.63, 3.8) is 0 Å². The Morgan fingerprint density at radius 1 is 1.38 bits per heavy atom. The van der Waals surface area contributed by atoms with Crippen LogP contribution in [-0.4, -0.2) is 47.6 Å². The number of piperazine rings is 1. The molecule has 1 aliphatic rings. The number of ether oxygens (including phenoxy) is 1. The predicted molar refractivity (Wildman–Crippen MR) is 89.6 cm³/mol. The zero-order chi connectivity index (χ0) is 17.1. The maximum Gasteiger partial charge on any atom is 0.220 e. The Morgan fingerprint density at radius 3 is 2.83 bits per heavy atom. The van der Waals surface area contributed by atoms with E-state index in [0.29, 0.717) is 13.1 Å². The zero-order valence-corrected chi connectivity index (χ0v) is 14.4. The van der Waals surface area contributed by atoms with Crippen molar-refractivity contribution in [1.82, 2.24) is 15.0 Å². The molecule has 1 atom stereocenters. The zero-order valence-electron chi connectivity index (χ0n) is 14.4. The molecule has 0 aliphatic carbocycles. The number of hydrogen-bond acceptors (Lipinski definition) is 5. The summed E-state index contributed by atoms with van der Waals surface area (Å²) >= 11 is 0. The quantitative estimate of drug-likeness (QED) is 0.862. The maximum atomic E-state index is 12.1. The fourth-order valence-electron chi connectivity index (χ4n) is 3.29. The lowest BCUT2D eigenvalue weighted by atomic mass is 10.0. The second-order valence-electron chi connectivity index (χ2n) is 6.13. The summed E-state index contributed by atoms with van der Waals surface area (Å²) in [6.45, 7) is 6.48. The minimum absolute atomic E-state index is 0.0274. The number of nitrogens with zero attached hydrogens (tertiary/aromatic N) is 3. The van der Waals surface area contributed by atoms with Gasteiger partial charge in [-0.1, -0.05) is 23.4 Å². The molecule has 1 aromatic heterocycles. The third-order valence-corrected chi connectivity index (χ3v) is 4.43. The van der Waals surface area contributed by atoms with Crippen LogP contribution in [0.15, 0.2) is 34.9 Å². The summed E-state index contributed by atoms with van der Waals surface area (Å²) in [7, 11) is 1.66. The molecule has 1 saturated heterocycles. The maximum absolute atomic E-state index is 12.1. The van der Waals surface area contributed by atoms with Crippen LogP contribution >= 0.6 is 0 Å². The first-order chi connectivity index (χ1) is 11.6. The highest BCUT2D eigenvalue weighted by Crippen LogP contribution is 2.32. The van der Waals surface area contributed by atoms with Gasteiger partial charge >= 0.3 is 0 Å². The van der Waals surface area contributed by atoms with Gasteiger partial charge in [0.1, 0.15) is 11.5 Å². The molecular weight excluding hydrogens is 306 g/mol. The van der Waals surface area contributed by atoms with E-state index in [-0.39, 0.29) is 11.9 Å². The summed E-state index contributed by atoms with van der Waals surface area (Å²) in [5, 5.41) is 4.07. The van der Waals surface area contributed by atoms with E-state index in [1.165, 1.54) is 0 Å². The molecule has 0 radical (unpaired) electrons. The Hall–Kier alpha value is -2.34. The predicted octanol–water partition coefficient (Wildman–Crippen LogP) is 2.40. The van der Waals surface area contributed by atoms with Gasteiger partial charge in [0.2, 0.25) is 5.91 Å². The van der Waals surface area contributed by atoms with Crippen molar-refractivity contribution in [3.8, 4) is 5.75 Å². The monoisotopic (exact) mass is 329 g/mol. The third-order valence-electron chi connectivity index (χ3n) is 4.43. The Balaban J connectivity index is 1.83. The van der Waals surface area contributed by atoms with Crippen molar-refractivity contribution in [2.75, 3.05) is 26.7 Å². The molecule has 0 bridgehead atoms. The molecule has 1 aromatic carbocycles. The number of hydrogen-bond donors (Lipinski definition) is 0. The molecular formula is C18H23N3O3. The third kappa shape index (κ3) is 3.43. The van der Waals surface area contributed by atoms with Crippen LogP contribution in [0.5, 0.6) is 5.75 Å². The van der Waals surface area contributed by atoms with Gasteiger partial charge < -0.3 is 14.2 Å². The topological polar surface area (TPSA) is 58.8 Å². The lowest BCUT2D eigenvalue weighted by Gasteiger charge is -2.41. The average Bonchev–Trinajstić information content (AvgIpc) is 2.99. The smallest absolute Gasteiger partial charge is 0.220 e. The van der Waals surface area contributed by atoms with Crippen molar-refractivity contribution in [2.24, 2.45) is 0 Å². The summed E-state index contributed by atoms with van der Waals surface area (Å²) in [5.41, 5.74) is 1.96. The molecule has 24 heavy (non-hydrogen) atoms. The van der Waals surface area contributed by atoms with E-state index in [2.05, 4.69) is 10.1 Å². The largest absolute Gasteiger partial charge is 0.496 e. The van der Waals surface area contributed by atoms with Gasteiger partial charge in [-0.3, -0.25) is 9.69 Å². The fraction of sp³-hybridized carbons (Fsp3) is 0.444. The number of para-hydroxylation sites is 1. The first-order valence-electron chi connectivity index (χ1n) is 8.13. The van der Waals surface area contributed by atoms with Crippen LogP contribution in [0, 0.1) is 6.92 Å². The van der Waals surface area contributed by atoms with Gasteiger partial charge in [-0.25, -0.2) is 0 Å². The number of benzene rings is 1. The van der Waals surface area contributed by atoms with Crippen LogP contribution in [0.3, 0.4) is 0 Å². The van der Waals surface area contributed by atoms with Gasteiger partial charge in [0.25, 0.3) is 0 Å². The lowest BCUT2D eigenvalue weighted by molar-refractivity contribution is -0.134. The van der Waals surface area contributed by atoms with E-state index >= 15 is 0 Å². The standard InChI is InChI=1S/C18H23N3O3/c1-13-10-15(19-24-13)11-20-8-9-21(14(2)22)17(12-20)16-6-4-5-7-18(16)23-3/h4-7,10,17H,8-9,11-12H2,1-3H3. The minimum Gasteiger partial charge on any atom is -0.496 e. The van der Waals surface area contributed by atoms with Crippen molar-refractivity contribution >= 4 is 5.91 Å². The first kappa shape index (κ1) is 16.5. The number of aryl methyl sites for hydroxylation is 1. The van der Waals surface area contributed by atoms with Gasteiger partial charge in [0.15, 0.2) is 0 Å². The molecule has 2 heterocycles. The average molecular weight is 329 g/mol. The normalized spacial score (nSPS) is 18.6. The van der Waals surface area contributed by atoms with E-state index in [4.69, 9.17) is 9.26 Å². The van der Waals surface area contributed by atoms with E-state index < -0.39 is 0 Å². The molecule has 2 aromatic rings. The molecule has 1 aliphatic heterocycles. The second-order valence-corrected chi connectivity index (χ2v) is 6.13. The number of rotatable bonds is 4. The number of carbonyl (C=O) groups is 1. The molecule has 6 heteroatoms. The van der Waals surface area contributed by atoms with Crippen molar-refractivity contribution < 1.29 is 14.1 Å². The molecule has 1 amide bonds. The first-order valence-corrected chi connectivity index (χ1v) is 8.13. The van der Waals surface area contributed by atoms with Gasteiger partial charge in [-0.15, -0.1) is 0 Å². The number of amides is 1. The van der Waals surface area contributed by atoms with Gasteiger partial charge in [-0.05, 0) is 13.0 Å². The van der Waals surface area contributed by atoms with Crippen LogP contribution in [0.1, 0.15) is 30.0 Å². The van der Waals surface area contributed by atoms with Gasteiger partial charge in [0.05, 0.1) is 18.8 Å². The lowest BCUT2D eigenvalue weighted by Crippen LogP contribution is -2.49. The summed E-state index contributed by atoms with van der Waals surface area (Å²) in [6.07, 6.45) is 0. The number of methoxy groups -OCH3 is 1. The summed E-state index contributed by atoms with van der Waals surface area (Å²) in [4.78, 5) is 16.3. The molecule has 0 spiro atoms. The molecule has 0 N–H and O–H groups in total. The van der Waals surface area contributed by atoms with Crippen molar-refractivity contribution in [1.29, 1.82) is 0 Å². The fourth-order valence-corrected chi connectivity index (χ4v) is 3.29. The number of aromatic nitrogens is 1. The summed E-state index contributed by atoms with van der Waals surface area (Å²) in [6, 6.07) is 9.82. The van der Waals surface area contributed by atoms with Gasteiger partial charge in [-0.2, -0.15) is 0 Å². The van der Waals surface area contributed by atoms with Crippen LogP contribution in [0.4, 0.5) is 0 Å². The molecule has 128 valence electrons. The van der Waals surface area contributed by atoms with Crippen LogP contribution in [-0.2, 0) is 11.3 Å². The molecule has 0 saturated carbocycles. The Kier molecular flexibility index (Phi) is 4.85. The van der Waals surface area contributed by atoms with Crippen LogP contribution < -0.4 is 4.74 Å². The Morgan fingerprint density at radius 2 is 2.17 bits per heavy atom. The molecule has 1 unspecified atom stereocenters. The molecule has 6 nitrogen and oxygen atoms in total. The number of carbonyl (C=O) groups excluding carboxylic acids is 1. The van der Waals surface area contributed by atoms with E-state index in [9.17, 15) is 4.79 Å². The summed E-state index contributed by atoms with van der Waals surface area (Å²) in [5.74, 6) is 1.71. The highest BCUT2D eigenvalue weighted by atomic mass is 16.5. The highest BCUT2D eigenvalue weighted by Gasteiger charge is 2.31. The van der Waals surface area contributed by atoms with E-state index in [0.717, 1.165) is 35.9 Å². The van der Waals surface area contributed by atoms with Crippen molar-refractivity contribution in [3.05, 3.63) is 47.3 Å². The van der Waals surface area contributed by atoms with E-state index in [1.54, 1.807) is 14.0 Å². The van der Waals surface area contributed by atoms with Gasteiger partial charge in [0, 0.05) is 44.7 Å². The molecule has 3 rings (SSSR count). The minimum atomic E-state index is -0.0274. The molecule has 1 fully saturated rings. The van der Waals surface area contributed by atoms with Crippen molar-refractivity contribution in [2.45, 2.75) is 26.4 Å². The van der Waals surface area contributed by atoms with Crippen LogP contribution in [0.25, 0.3) is 0 Å². The van der Waals surface area contributed by atoms with E-state index in [1.807, 2.05) is 42.2 Å². The highest BCUT2D eigenvalue weighted by molar-refractivity contribution is 5.74. The summed E-state index contributed by atoms with van der Waals surface area (Å²) < 4.78 is 10.7. The van der Waals surface area contributed by atoms with Crippen LogP contribution in [0.2, 0.25) is 0 Å². The second kappa shape index (κ2) is 7.05.